The van der Waals surface area contributed by atoms with Crippen LogP contribution in [0.4, 0.5) is 0 Å². The summed E-state index contributed by atoms with van der Waals surface area (Å²) in [5.41, 5.74) is 2.01. The molecule has 5 heteroatoms. The predicted octanol–water partition coefficient (Wildman–Crippen LogP) is 4.06. The van der Waals surface area contributed by atoms with Gasteiger partial charge in [-0.2, -0.15) is 0 Å². The summed E-state index contributed by atoms with van der Waals surface area (Å²) >= 11 is 1.63. The fourth-order valence-electron chi connectivity index (χ4n) is 2.05. The zero-order chi connectivity index (χ0) is 14.1. The van der Waals surface area contributed by atoms with Crippen LogP contribution >= 0.6 is 11.8 Å². The van der Waals surface area contributed by atoms with Crippen LogP contribution in [0.3, 0.4) is 0 Å². The molecule has 0 atom stereocenters. The zero-order valence-electron chi connectivity index (χ0n) is 10.8. The Bertz CT molecular complexity index is 739. The summed E-state index contributed by atoms with van der Waals surface area (Å²) in [5, 5.41) is 11.1. The lowest BCUT2D eigenvalue weighted by atomic mass is 10.3. The minimum absolute atomic E-state index is 0.00486. The topological polar surface area (TPSA) is 66.2 Å². The Morgan fingerprint density at radius 1 is 1.35 bits per heavy atom. The third-order valence-electron chi connectivity index (χ3n) is 3.12. The molecule has 0 amide bonds. The van der Waals surface area contributed by atoms with Crippen LogP contribution in [-0.2, 0) is 5.75 Å². The Morgan fingerprint density at radius 3 is 2.85 bits per heavy atom. The van der Waals surface area contributed by atoms with Crippen molar-refractivity contribution in [2.24, 2.45) is 0 Å². The van der Waals surface area contributed by atoms with E-state index >= 15 is 0 Å². The van der Waals surface area contributed by atoms with Crippen LogP contribution in [0.1, 0.15) is 21.9 Å². The molecule has 1 aromatic carbocycles. The second-order valence-corrected chi connectivity index (χ2v) is 5.52. The van der Waals surface area contributed by atoms with Crippen LogP contribution < -0.4 is 0 Å². The minimum Gasteiger partial charge on any atom is -0.475 e. The van der Waals surface area contributed by atoms with Crippen molar-refractivity contribution in [1.29, 1.82) is 0 Å². The van der Waals surface area contributed by atoms with Gasteiger partial charge in [-0.05, 0) is 25.1 Å². The summed E-state index contributed by atoms with van der Waals surface area (Å²) in [6, 6.07) is 11.8. The first-order valence-electron chi connectivity index (χ1n) is 6.16. The van der Waals surface area contributed by atoms with Crippen LogP contribution in [0.2, 0.25) is 0 Å². The van der Waals surface area contributed by atoms with Crippen LogP contribution in [0.5, 0.6) is 0 Å². The number of thioether (sulfide) groups is 1. The van der Waals surface area contributed by atoms with Crippen molar-refractivity contribution in [1.82, 2.24) is 4.98 Å². The number of para-hydroxylation sites is 1. The van der Waals surface area contributed by atoms with Crippen molar-refractivity contribution in [3.63, 3.8) is 0 Å². The van der Waals surface area contributed by atoms with Gasteiger partial charge in [0.25, 0.3) is 0 Å². The van der Waals surface area contributed by atoms with Gasteiger partial charge in [-0.25, -0.2) is 4.79 Å². The number of H-pyrrole nitrogens is 1. The Balaban J connectivity index is 1.77. The van der Waals surface area contributed by atoms with Crippen molar-refractivity contribution in [3.05, 3.63) is 53.5 Å². The molecule has 2 N–H and O–H groups in total. The van der Waals surface area contributed by atoms with E-state index in [4.69, 9.17) is 9.52 Å². The van der Waals surface area contributed by atoms with Crippen molar-refractivity contribution in [2.75, 3.05) is 0 Å². The highest BCUT2D eigenvalue weighted by atomic mass is 32.2. The Labute approximate surface area is 119 Å². The third kappa shape index (κ3) is 2.44. The monoisotopic (exact) mass is 287 g/mol. The van der Waals surface area contributed by atoms with Gasteiger partial charge in [0.15, 0.2) is 0 Å². The molecule has 3 rings (SSSR count). The number of aromatic nitrogens is 1. The van der Waals surface area contributed by atoms with Crippen LogP contribution in [0, 0.1) is 6.92 Å². The highest BCUT2D eigenvalue weighted by molar-refractivity contribution is 7.98. The van der Waals surface area contributed by atoms with Crippen LogP contribution in [0.15, 0.2) is 45.8 Å². The van der Waals surface area contributed by atoms with Gasteiger partial charge in [0.2, 0.25) is 5.76 Å². The lowest BCUT2D eigenvalue weighted by Crippen LogP contribution is -1.91. The molecule has 3 aromatic rings. The van der Waals surface area contributed by atoms with E-state index in [1.165, 1.54) is 5.39 Å². The molecule has 0 bridgehead atoms. The quantitative estimate of drug-likeness (QED) is 0.710. The molecule has 0 aliphatic rings. The van der Waals surface area contributed by atoms with Gasteiger partial charge in [-0.3, -0.25) is 0 Å². The minimum atomic E-state index is -1.03. The molecule has 0 fully saturated rings. The summed E-state index contributed by atoms with van der Waals surface area (Å²) in [7, 11) is 0. The van der Waals surface area contributed by atoms with Crippen molar-refractivity contribution < 1.29 is 14.3 Å². The summed E-state index contributed by atoms with van der Waals surface area (Å²) in [6.07, 6.45) is 0. The van der Waals surface area contributed by atoms with Gasteiger partial charge in [0.1, 0.15) is 5.76 Å². The highest BCUT2D eigenvalue weighted by Crippen LogP contribution is 2.28. The molecule has 0 radical (unpaired) electrons. The largest absolute Gasteiger partial charge is 0.475 e. The van der Waals surface area contributed by atoms with Gasteiger partial charge >= 0.3 is 5.97 Å². The van der Waals surface area contributed by atoms with E-state index in [1.807, 2.05) is 18.2 Å². The molecule has 0 spiro atoms. The molecule has 0 aliphatic heterocycles. The summed E-state index contributed by atoms with van der Waals surface area (Å²) < 4.78 is 5.20. The molecule has 2 heterocycles. The molecular weight excluding hydrogens is 274 g/mol. The maximum absolute atomic E-state index is 10.9. The van der Waals surface area contributed by atoms with Crippen LogP contribution in [0.25, 0.3) is 10.9 Å². The molecule has 0 saturated heterocycles. The predicted molar refractivity (Wildman–Crippen MR) is 78.3 cm³/mol. The summed E-state index contributed by atoms with van der Waals surface area (Å²) in [6.45, 7) is 1.79. The van der Waals surface area contributed by atoms with E-state index in [-0.39, 0.29) is 5.76 Å². The third-order valence-corrected chi connectivity index (χ3v) is 4.11. The second-order valence-electron chi connectivity index (χ2n) is 4.51. The highest BCUT2D eigenvalue weighted by Gasteiger charge is 2.13. The van der Waals surface area contributed by atoms with Crippen LogP contribution in [-0.4, -0.2) is 16.1 Å². The molecule has 4 nitrogen and oxygen atoms in total. The Morgan fingerprint density at radius 2 is 2.15 bits per heavy atom. The molecule has 0 saturated carbocycles. The molecule has 20 heavy (non-hydrogen) atoms. The van der Waals surface area contributed by atoms with E-state index in [0.717, 1.165) is 16.1 Å². The number of aromatic amines is 1. The van der Waals surface area contributed by atoms with Gasteiger partial charge < -0.3 is 14.5 Å². The van der Waals surface area contributed by atoms with Gasteiger partial charge in [-0.1, -0.05) is 18.2 Å². The first kappa shape index (κ1) is 12.9. The molecule has 0 aliphatic carbocycles. The summed E-state index contributed by atoms with van der Waals surface area (Å²) in [4.78, 5) is 14.2. The average Bonchev–Trinajstić information content (AvgIpc) is 2.99. The second kappa shape index (κ2) is 5.09. The zero-order valence-corrected chi connectivity index (χ0v) is 11.7. The molecule has 102 valence electrons. The maximum Gasteiger partial charge on any atom is 0.371 e. The normalized spacial score (nSPS) is 11.1. The number of aryl methyl sites for hydroxylation is 1. The number of hydrogen-bond acceptors (Lipinski definition) is 3. The smallest absolute Gasteiger partial charge is 0.371 e. The maximum atomic E-state index is 10.9. The number of furan rings is 1. The fourth-order valence-corrected chi connectivity index (χ4v) is 3.04. The van der Waals surface area contributed by atoms with Crippen molar-refractivity contribution in [3.8, 4) is 0 Å². The number of fused-ring (bicyclic) bond motifs is 1. The number of nitrogens with one attached hydrogen (secondary N) is 1. The lowest BCUT2D eigenvalue weighted by Gasteiger charge is -1.96. The standard InChI is InChI=1S/C15H13NO3S/c1-9-11(6-13(19-9)15(17)18)8-20-14-7-10-4-2-3-5-12(10)16-14/h2-7,16H,8H2,1H3,(H,17,18). The van der Waals surface area contributed by atoms with E-state index in [2.05, 4.69) is 17.1 Å². The fraction of sp³-hybridized carbons (Fsp3) is 0.133. The van der Waals surface area contributed by atoms with E-state index in [9.17, 15) is 4.79 Å². The molecular formula is C15H13NO3S. The SMILES string of the molecule is Cc1oc(C(=O)O)cc1CSc1cc2ccccc2[nH]1. The van der Waals surface area contributed by atoms with E-state index in [1.54, 1.807) is 24.8 Å². The van der Waals surface area contributed by atoms with Crippen molar-refractivity contribution in [2.45, 2.75) is 17.7 Å². The van der Waals surface area contributed by atoms with Gasteiger partial charge in [0.05, 0.1) is 5.03 Å². The Kier molecular flexibility index (Phi) is 3.28. The van der Waals surface area contributed by atoms with E-state index < -0.39 is 5.97 Å². The first-order valence-corrected chi connectivity index (χ1v) is 7.15. The number of rotatable bonds is 4. The number of carboxylic acids is 1. The Hall–Kier alpha value is -2.14. The van der Waals surface area contributed by atoms with Crippen molar-refractivity contribution >= 4 is 28.6 Å². The molecule has 2 aromatic heterocycles. The van der Waals surface area contributed by atoms with Gasteiger partial charge in [0, 0.05) is 22.2 Å². The number of aromatic carboxylic acids is 1. The number of carbonyl (C=O) groups is 1. The number of benzene rings is 1. The number of carboxylic acid groups (broad SMARTS) is 1. The lowest BCUT2D eigenvalue weighted by molar-refractivity contribution is 0.0661. The van der Waals surface area contributed by atoms with Gasteiger partial charge in [-0.15, -0.1) is 11.8 Å². The summed E-state index contributed by atoms with van der Waals surface area (Å²) in [5.74, 6) is 0.297. The average molecular weight is 287 g/mol. The first-order chi connectivity index (χ1) is 9.63. The van der Waals surface area contributed by atoms with E-state index in [0.29, 0.717) is 11.5 Å². The number of hydrogen-bond donors (Lipinski definition) is 2. The molecule has 0 unspecified atom stereocenters.